The summed E-state index contributed by atoms with van der Waals surface area (Å²) in [6.45, 7) is 1.30. The molecule has 0 saturated carbocycles. The zero-order chi connectivity index (χ0) is 14.1. The molecular weight excluding hydrogens is 246 g/mol. The fourth-order valence-corrected chi connectivity index (χ4v) is 1.49. The number of para-hydroxylation sites is 1. The van der Waals surface area contributed by atoms with Crippen molar-refractivity contribution in [2.24, 2.45) is 0 Å². The summed E-state index contributed by atoms with van der Waals surface area (Å²) >= 11 is 0. The first kappa shape index (κ1) is 14.8. The molecule has 6 heteroatoms. The lowest BCUT2D eigenvalue weighted by Gasteiger charge is -2.19. The standard InChI is InChI=1S/C13H19N3O3/c1-16(11-5-3-2-4-6-11)10-9-15-13(19)14-8-7-12(17)18/h2-6H,7-10H2,1H3,(H,17,18)(H2,14,15,19). The third-order valence-corrected chi connectivity index (χ3v) is 2.55. The number of carboxylic acid groups (broad SMARTS) is 1. The lowest BCUT2D eigenvalue weighted by Crippen LogP contribution is -2.40. The van der Waals surface area contributed by atoms with Crippen LogP contribution in [-0.2, 0) is 4.79 Å². The molecule has 19 heavy (non-hydrogen) atoms. The molecule has 0 aromatic heterocycles. The molecule has 0 aliphatic rings. The molecule has 1 aromatic carbocycles. The molecule has 0 atom stereocenters. The number of nitrogens with one attached hydrogen (secondary N) is 2. The second-order valence-corrected chi connectivity index (χ2v) is 4.08. The van der Waals surface area contributed by atoms with Crippen LogP contribution in [0.5, 0.6) is 0 Å². The van der Waals surface area contributed by atoms with Crippen LogP contribution in [0.4, 0.5) is 10.5 Å². The van der Waals surface area contributed by atoms with Gasteiger partial charge in [0.15, 0.2) is 0 Å². The van der Waals surface area contributed by atoms with Gasteiger partial charge in [0.05, 0.1) is 6.42 Å². The van der Waals surface area contributed by atoms with Crippen molar-refractivity contribution < 1.29 is 14.7 Å². The number of amides is 2. The predicted molar refractivity (Wildman–Crippen MR) is 73.4 cm³/mol. The van der Waals surface area contributed by atoms with Crippen LogP contribution in [0.1, 0.15) is 6.42 Å². The zero-order valence-electron chi connectivity index (χ0n) is 10.9. The number of likely N-dealkylation sites (N-methyl/N-ethyl adjacent to an activating group) is 1. The second kappa shape index (κ2) is 7.97. The number of carbonyl (C=O) groups excluding carboxylic acids is 1. The Bertz CT molecular complexity index is 409. The first-order valence-corrected chi connectivity index (χ1v) is 6.09. The number of anilines is 1. The van der Waals surface area contributed by atoms with Gasteiger partial charge < -0.3 is 20.6 Å². The summed E-state index contributed by atoms with van der Waals surface area (Å²) in [5.41, 5.74) is 1.08. The summed E-state index contributed by atoms with van der Waals surface area (Å²) in [5.74, 6) is -0.927. The van der Waals surface area contributed by atoms with Gasteiger partial charge in [-0.2, -0.15) is 0 Å². The number of hydrogen-bond donors (Lipinski definition) is 3. The predicted octanol–water partition coefficient (Wildman–Crippen LogP) is 0.897. The highest BCUT2D eigenvalue weighted by Crippen LogP contribution is 2.09. The van der Waals surface area contributed by atoms with Crippen molar-refractivity contribution >= 4 is 17.7 Å². The van der Waals surface area contributed by atoms with Crippen molar-refractivity contribution in [1.29, 1.82) is 0 Å². The van der Waals surface area contributed by atoms with Gasteiger partial charge in [-0.3, -0.25) is 4.79 Å². The first-order valence-electron chi connectivity index (χ1n) is 6.09. The Morgan fingerprint density at radius 1 is 1.16 bits per heavy atom. The molecule has 1 rings (SSSR count). The maximum absolute atomic E-state index is 11.3. The average Bonchev–Trinajstić information content (AvgIpc) is 2.39. The second-order valence-electron chi connectivity index (χ2n) is 4.08. The summed E-state index contributed by atoms with van der Waals surface area (Å²) in [7, 11) is 1.94. The SMILES string of the molecule is CN(CCNC(=O)NCCC(=O)O)c1ccccc1. The molecule has 3 N–H and O–H groups in total. The molecule has 0 aliphatic heterocycles. The minimum absolute atomic E-state index is 0.0721. The van der Waals surface area contributed by atoms with E-state index in [0.29, 0.717) is 13.1 Å². The molecule has 0 saturated heterocycles. The van der Waals surface area contributed by atoms with Crippen molar-refractivity contribution in [1.82, 2.24) is 10.6 Å². The monoisotopic (exact) mass is 265 g/mol. The fraction of sp³-hybridized carbons (Fsp3) is 0.385. The molecular formula is C13H19N3O3. The minimum atomic E-state index is -0.927. The maximum Gasteiger partial charge on any atom is 0.314 e. The highest BCUT2D eigenvalue weighted by Gasteiger charge is 2.03. The van der Waals surface area contributed by atoms with E-state index in [-0.39, 0.29) is 19.0 Å². The Morgan fingerprint density at radius 2 is 1.79 bits per heavy atom. The Labute approximate surface area is 112 Å². The molecule has 0 heterocycles. The van der Waals surface area contributed by atoms with Crippen LogP contribution in [0.25, 0.3) is 0 Å². The van der Waals surface area contributed by atoms with Crippen molar-refractivity contribution in [2.45, 2.75) is 6.42 Å². The number of hydrogen-bond acceptors (Lipinski definition) is 3. The van der Waals surface area contributed by atoms with Gasteiger partial charge in [-0.1, -0.05) is 18.2 Å². The van der Waals surface area contributed by atoms with Crippen molar-refractivity contribution in [3.8, 4) is 0 Å². The molecule has 0 spiro atoms. The van der Waals surface area contributed by atoms with E-state index in [9.17, 15) is 9.59 Å². The number of nitrogens with zero attached hydrogens (tertiary/aromatic N) is 1. The molecule has 6 nitrogen and oxygen atoms in total. The van der Waals surface area contributed by atoms with Crippen LogP contribution in [0.2, 0.25) is 0 Å². The van der Waals surface area contributed by atoms with Crippen LogP contribution >= 0.6 is 0 Å². The Kier molecular flexibility index (Phi) is 6.21. The third-order valence-electron chi connectivity index (χ3n) is 2.55. The number of benzene rings is 1. The maximum atomic E-state index is 11.3. The number of urea groups is 1. The molecule has 0 bridgehead atoms. The van der Waals surface area contributed by atoms with E-state index in [4.69, 9.17) is 5.11 Å². The number of rotatable bonds is 7. The minimum Gasteiger partial charge on any atom is -0.481 e. The number of carboxylic acids is 1. The van der Waals surface area contributed by atoms with Gasteiger partial charge >= 0.3 is 12.0 Å². The van der Waals surface area contributed by atoms with E-state index in [1.54, 1.807) is 0 Å². The van der Waals surface area contributed by atoms with Gasteiger partial charge in [0.1, 0.15) is 0 Å². The normalized spacial score (nSPS) is 9.74. The summed E-state index contributed by atoms with van der Waals surface area (Å²) < 4.78 is 0. The van der Waals surface area contributed by atoms with Crippen LogP contribution in [0.15, 0.2) is 30.3 Å². The van der Waals surface area contributed by atoms with Gasteiger partial charge in [-0.15, -0.1) is 0 Å². The van der Waals surface area contributed by atoms with E-state index >= 15 is 0 Å². The van der Waals surface area contributed by atoms with Crippen LogP contribution in [0.3, 0.4) is 0 Å². The van der Waals surface area contributed by atoms with E-state index in [0.717, 1.165) is 5.69 Å². The van der Waals surface area contributed by atoms with Crippen LogP contribution in [-0.4, -0.2) is 43.8 Å². The molecule has 104 valence electrons. The van der Waals surface area contributed by atoms with Gasteiger partial charge in [-0.25, -0.2) is 4.79 Å². The van der Waals surface area contributed by atoms with E-state index < -0.39 is 5.97 Å². The molecule has 0 fully saturated rings. The summed E-state index contributed by atoms with van der Waals surface area (Å²) in [4.78, 5) is 23.6. The van der Waals surface area contributed by atoms with Gasteiger partial charge in [-0.05, 0) is 12.1 Å². The third kappa shape index (κ3) is 6.30. The Hall–Kier alpha value is -2.24. The van der Waals surface area contributed by atoms with E-state index in [2.05, 4.69) is 10.6 Å². The van der Waals surface area contributed by atoms with Gasteiger partial charge in [0.25, 0.3) is 0 Å². The molecule has 0 radical (unpaired) electrons. The lowest BCUT2D eigenvalue weighted by atomic mass is 10.3. The lowest BCUT2D eigenvalue weighted by molar-refractivity contribution is -0.136. The summed E-state index contributed by atoms with van der Waals surface area (Å²) in [6.07, 6.45) is -0.0721. The van der Waals surface area contributed by atoms with Crippen molar-refractivity contribution in [3.63, 3.8) is 0 Å². The van der Waals surface area contributed by atoms with Crippen molar-refractivity contribution in [3.05, 3.63) is 30.3 Å². The average molecular weight is 265 g/mol. The molecule has 0 aliphatic carbocycles. The Balaban J connectivity index is 2.16. The first-order chi connectivity index (χ1) is 9.09. The number of carbonyl (C=O) groups is 2. The summed E-state index contributed by atoms with van der Waals surface area (Å²) in [5, 5.41) is 13.6. The zero-order valence-corrected chi connectivity index (χ0v) is 10.9. The van der Waals surface area contributed by atoms with Gasteiger partial charge in [0.2, 0.25) is 0 Å². The molecule has 1 aromatic rings. The highest BCUT2D eigenvalue weighted by atomic mass is 16.4. The van der Waals surface area contributed by atoms with Crippen LogP contribution in [0, 0.1) is 0 Å². The fourth-order valence-electron chi connectivity index (χ4n) is 1.49. The topological polar surface area (TPSA) is 81.7 Å². The summed E-state index contributed by atoms with van der Waals surface area (Å²) in [6, 6.07) is 9.50. The number of aliphatic carboxylic acids is 1. The molecule has 2 amide bonds. The molecule has 0 unspecified atom stereocenters. The van der Waals surface area contributed by atoms with Crippen molar-refractivity contribution in [2.75, 3.05) is 31.6 Å². The highest BCUT2D eigenvalue weighted by molar-refractivity contribution is 5.75. The quantitative estimate of drug-likeness (QED) is 0.684. The largest absolute Gasteiger partial charge is 0.481 e. The van der Waals surface area contributed by atoms with E-state index in [1.165, 1.54) is 0 Å². The smallest absolute Gasteiger partial charge is 0.314 e. The van der Waals surface area contributed by atoms with Gasteiger partial charge in [0, 0.05) is 32.4 Å². The van der Waals surface area contributed by atoms with Crippen LogP contribution < -0.4 is 15.5 Å². The van der Waals surface area contributed by atoms with E-state index in [1.807, 2.05) is 42.3 Å². The Morgan fingerprint density at radius 3 is 2.42 bits per heavy atom.